The van der Waals surface area contributed by atoms with Crippen molar-refractivity contribution in [2.24, 2.45) is 0 Å². The monoisotopic (exact) mass is 266 g/mol. The van der Waals surface area contributed by atoms with Crippen LogP contribution in [-0.4, -0.2) is 18.2 Å². The van der Waals surface area contributed by atoms with Gasteiger partial charge in [-0.05, 0) is 36.5 Å². The molecule has 0 bridgehead atoms. The predicted molar refractivity (Wildman–Crippen MR) is 70.2 cm³/mol. The van der Waals surface area contributed by atoms with E-state index in [9.17, 15) is 14.3 Å². The Morgan fingerprint density at radius 3 is 2.42 bits per heavy atom. The summed E-state index contributed by atoms with van der Waals surface area (Å²) in [5.74, 6) is -0.821. The lowest BCUT2D eigenvalue weighted by atomic mass is 9.64. The van der Waals surface area contributed by atoms with E-state index in [4.69, 9.17) is 4.74 Å². The molecule has 1 aliphatic rings. The van der Waals surface area contributed by atoms with Gasteiger partial charge in [0.05, 0.1) is 12.5 Å². The maximum absolute atomic E-state index is 14.2. The van der Waals surface area contributed by atoms with Crippen molar-refractivity contribution in [1.82, 2.24) is 0 Å². The Kier molecular flexibility index (Phi) is 3.52. The molecule has 0 spiro atoms. The van der Waals surface area contributed by atoms with Crippen LogP contribution in [0.25, 0.3) is 0 Å². The third-order valence-electron chi connectivity index (χ3n) is 4.06. The molecular formula is C15H19FO3. The van der Waals surface area contributed by atoms with E-state index in [2.05, 4.69) is 0 Å². The zero-order valence-electron chi connectivity index (χ0n) is 11.5. The van der Waals surface area contributed by atoms with E-state index < -0.39 is 11.4 Å². The minimum Gasteiger partial charge on any atom is -0.496 e. The maximum Gasteiger partial charge on any atom is 0.314 e. The van der Waals surface area contributed by atoms with Gasteiger partial charge >= 0.3 is 5.97 Å². The van der Waals surface area contributed by atoms with E-state index in [-0.39, 0.29) is 11.7 Å². The molecule has 1 aromatic carbocycles. The lowest BCUT2D eigenvalue weighted by Crippen LogP contribution is -2.42. The second-order valence-electron chi connectivity index (χ2n) is 5.47. The molecule has 0 aromatic heterocycles. The smallest absolute Gasteiger partial charge is 0.314 e. The number of carboxylic acids is 1. The largest absolute Gasteiger partial charge is 0.496 e. The number of hydrogen-bond acceptors (Lipinski definition) is 2. The highest BCUT2D eigenvalue weighted by molar-refractivity contribution is 5.82. The lowest BCUT2D eigenvalue weighted by Gasteiger charge is -2.38. The van der Waals surface area contributed by atoms with Crippen LogP contribution in [0.5, 0.6) is 5.75 Å². The summed E-state index contributed by atoms with van der Waals surface area (Å²) < 4.78 is 19.5. The Labute approximate surface area is 112 Å². The molecule has 3 nitrogen and oxygen atoms in total. The van der Waals surface area contributed by atoms with E-state index in [1.54, 1.807) is 6.07 Å². The molecule has 0 heterocycles. The van der Waals surface area contributed by atoms with E-state index in [1.165, 1.54) is 13.2 Å². The molecule has 2 rings (SSSR count). The van der Waals surface area contributed by atoms with Gasteiger partial charge in [0.15, 0.2) is 0 Å². The van der Waals surface area contributed by atoms with Crippen molar-refractivity contribution in [1.29, 1.82) is 0 Å². The van der Waals surface area contributed by atoms with Crippen LogP contribution >= 0.6 is 0 Å². The Hall–Kier alpha value is -1.58. The first-order chi connectivity index (χ1) is 8.92. The van der Waals surface area contributed by atoms with Crippen molar-refractivity contribution in [2.75, 3.05) is 7.11 Å². The van der Waals surface area contributed by atoms with Gasteiger partial charge in [0.2, 0.25) is 0 Å². The van der Waals surface area contributed by atoms with Crippen molar-refractivity contribution in [2.45, 2.75) is 44.4 Å². The fourth-order valence-corrected chi connectivity index (χ4v) is 2.75. The average Bonchev–Trinajstić information content (AvgIpc) is 2.25. The number of carbonyl (C=O) groups is 1. The van der Waals surface area contributed by atoms with Gasteiger partial charge in [-0.2, -0.15) is 0 Å². The molecule has 1 aliphatic carbocycles. The molecule has 0 saturated heterocycles. The van der Waals surface area contributed by atoms with Crippen molar-refractivity contribution in [3.05, 3.63) is 29.1 Å². The third-order valence-corrected chi connectivity index (χ3v) is 4.06. The number of carboxylic acid groups (broad SMARTS) is 1. The average molecular weight is 266 g/mol. The first-order valence-electron chi connectivity index (χ1n) is 6.53. The van der Waals surface area contributed by atoms with Gasteiger partial charge in [0.25, 0.3) is 0 Å². The van der Waals surface area contributed by atoms with Crippen LogP contribution < -0.4 is 4.74 Å². The van der Waals surface area contributed by atoms with Crippen LogP contribution in [0.4, 0.5) is 4.39 Å². The zero-order chi connectivity index (χ0) is 14.2. The third kappa shape index (κ3) is 2.09. The fourth-order valence-electron chi connectivity index (χ4n) is 2.75. The SMILES string of the molecule is COc1cc(C2(C(=O)O)CCC2)cc(F)c1C(C)C. The predicted octanol–water partition coefficient (Wildman–Crippen LogP) is 3.46. The van der Waals surface area contributed by atoms with Gasteiger partial charge in [-0.15, -0.1) is 0 Å². The molecule has 1 N–H and O–H groups in total. The molecule has 0 radical (unpaired) electrons. The molecule has 19 heavy (non-hydrogen) atoms. The van der Waals surface area contributed by atoms with Crippen molar-refractivity contribution < 1.29 is 19.0 Å². The van der Waals surface area contributed by atoms with Gasteiger partial charge in [-0.25, -0.2) is 4.39 Å². The molecule has 1 fully saturated rings. The lowest BCUT2D eigenvalue weighted by molar-refractivity contribution is -0.147. The number of hydrogen-bond donors (Lipinski definition) is 1. The molecular weight excluding hydrogens is 247 g/mol. The second kappa shape index (κ2) is 4.83. The first-order valence-corrected chi connectivity index (χ1v) is 6.53. The summed E-state index contributed by atoms with van der Waals surface area (Å²) in [7, 11) is 1.48. The molecule has 0 unspecified atom stereocenters. The number of benzene rings is 1. The fraction of sp³-hybridized carbons (Fsp3) is 0.533. The maximum atomic E-state index is 14.2. The van der Waals surface area contributed by atoms with Crippen LogP contribution in [-0.2, 0) is 10.2 Å². The van der Waals surface area contributed by atoms with Crippen LogP contribution in [0.15, 0.2) is 12.1 Å². The van der Waals surface area contributed by atoms with Crippen molar-refractivity contribution >= 4 is 5.97 Å². The van der Waals surface area contributed by atoms with Gasteiger partial charge in [-0.3, -0.25) is 4.79 Å². The highest BCUT2D eigenvalue weighted by atomic mass is 19.1. The summed E-state index contributed by atoms with van der Waals surface area (Å²) in [4.78, 5) is 11.5. The minimum absolute atomic E-state index is 0.00818. The normalized spacial score (nSPS) is 17.1. The molecule has 0 aliphatic heterocycles. The summed E-state index contributed by atoms with van der Waals surface area (Å²) >= 11 is 0. The summed E-state index contributed by atoms with van der Waals surface area (Å²) in [6.07, 6.45) is 1.99. The summed E-state index contributed by atoms with van der Waals surface area (Å²) in [6.45, 7) is 3.77. The van der Waals surface area contributed by atoms with Gasteiger partial charge in [0, 0.05) is 5.56 Å². The number of halogens is 1. The Morgan fingerprint density at radius 2 is 2.05 bits per heavy atom. The molecule has 1 aromatic rings. The van der Waals surface area contributed by atoms with Crippen molar-refractivity contribution in [3.63, 3.8) is 0 Å². The number of rotatable bonds is 4. The summed E-state index contributed by atoms with van der Waals surface area (Å²) in [6, 6.07) is 3.05. The number of ether oxygens (including phenoxy) is 1. The molecule has 0 atom stereocenters. The Bertz CT molecular complexity index is 504. The highest BCUT2D eigenvalue weighted by Crippen LogP contribution is 2.46. The van der Waals surface area contributed by atoms with Gasteiger partial charge in [-0.1, -0.05) is 20.3 Å². The molecule has 1 saturated carbocycles. The van der Waals surface area contributed by atoms with E-state index in [0.29, 0.717) is 29.7 Å². The first kappa shape index (κ1) is 13.8. The Balaban J connectivity index is 2.55. The van der Waals surface area contributed by atoms with Gasteiger partial charge in [0.1, 0.15) is 11.6 Å². The quantitative estimate of drug-likeness (QED) is 0.907. The second-order valence-corrected chi connectivity index (χ2v) is 5.47. The molecule has 4 heteroatoms. The van der Waals surface area contributed by atoms with Crippen LogP contribution in [0.3, 0.4) is 0 Å². The van der Waals surface area contributed by atoms with Gasteiger partial charge < -0.3 is 9.84 Å². The van der Waals surface area contributed by atoms with Crippen LogP contribution in [0.2, 0.25) is 0 Å². The Morgan fingerprint density at radius 1 is 1.42 bits per heavy atom. The molecule has 0 amide bonds. The van der Waals surface area contributed by atoms with E-state index >= 15 is 0 Å². The van der Waals surface area contributed by atoms with E-state index in [1.807, 2.05) is 13.8 Å². The topological polar surface area (TPSA) is 46.5 Å². The zero-order valence-corrected chi connectivity index (χ0v) is 11.5. The number of methoxy groups -OCH3 is 1. The molecule has 104 valence electrons. The summed E-state index contributed by atoms with van der Waals surface area (Å²) in [5, 5.41) is 9.41. The number of aliphatic carboxylic acids is 1. The van der Waals surface area contributed by atoms with Crippen LogP contribution in [0.1, 0.15) is 50.2 Å². The van der Waals surface area contributed by atoms with E-state index in [0.717, 1.165) is 6.42 Å². The summed E-state index contributed by atoms with van der Waals surface area (Å²) in [5.41, 5.74) is 0.0972. The van der Waals surface area contributed by atoms with Crippen LogP contribution in [0, 0.1) is 5.82 Å². The highest BCUT2D eigenvalue weighted by Gasteiger charge is 2.46. The standard InChI is InChI=1S/C15H19FO3/c1-9(2)13-11(16)7-10(8-12(13)19-3)15(14(17)18)5-4-6-15/h7-9H,4-6H2,1-3H3,(H,17,18). The minimum atomic E-state index is -0.927. The van der Waals surface area contributed by atoms with Crippen molar-refractivity contribution in [3.8, 4) is 5.75 Å².